The van der Waals surface area contributed by atoms with Gasteiger partial charge in [0.1, 0.15) is 4.90 Å². The maximum Gasteiger partial charge on any atom is 0.265 e. The van der Waals surface area contributed by atoms with E-state index in [1.54, 1.807) is 19.1 Å². The van der Waals surface area contributed by atoms with Crippen LogP contribution in [0.25, 0.3) is 0 Å². The van der Waals surface area contributed by atoms with Crippen LogP contribution in [0.1, 0.15) is 11.3 Å². The molecule has 8 nitrogen and oxygen atoms in total. The highest BCUT2D eigenvalue weighted by Crippen LogP contribution is 2.20. The molecule has 1 aromatic carbocycles. The Bertz CT molecular complexity index is 751. The summed E-state index contributed by atoms with van der Waals surface area (Å²) < 4.78 is 26.9. The zero-order chi connectivity index (χ0) is 14.8. The number of para-hydroxylation sites is 1. The maximum absolute atomic E-state index is 12.2. The van der Waals surface area contributed by atoms with Crippen molar-refractivity contribution in [3.63, 3.8) is 0 Å². The van der Waals surface area contributed by atoms with Crippen LogP contribution >= 0.6 is 0 Å². The topological polar surface area (TPSA) is 133 Å². The number of hydrogen-bond donors (Lipinski definition) is 4. The summed E-state index contributed by atoms with van der Waals surface area (Å²) in [4.78, 5) is 0.0341. The molecule has 0 amide bonds. The van der Waals surface area contributed by atoms with Gasteiger partial charge in [0.15, 0.2) is 5.84 Å². The number of hydrogen-bond acceptors (Lipinski definition) is 5. The Hall–Kier alpha value is -2.55. The van der Waals surface area contributed by atoms with Crippen LogP contribution in [0.3, 0.4) is 0 Å². The quantitative estimate of drug-likeness (QED) is 0.284. The number of rotatable bonds is 4. The molecule has 0 aliphatic carbocycles. The standard InChI is InChI=1S/C11H13N5O3S/c1-7-10(6-13-14-7)20(18,19)16-9-5-3-2-4-8(9)11(12)15-17/h2-6,16-17H,1H3,(H2,12,15)(H,13,14). The number of sulfonamides is 1. The fourth-order valence-corrected chi connectivity index (χ4v) is 2.88. The summed E-state index contributed by atoms with van der Waals surface area (Å²) in [5.74, 6) is -0.188. The fourth-order valence-electron chi connectivity index (χ4n) is 1.66. The highest BCUT2D eigenvalue weighted by Gasteiger charge is 2.20. The molecule has 0 atom stereocenters. The smallest absolute Gasteiger partial charge is 0.265 e. The van der Waals surface area contributed by atoms with Crippen LogP contribution < -0.4 is 10.5 Å². The largest absolute Gasteiger partial charge is 0.409 e. The molecule has 0 saturated heterocycles. The first kappa shape index (κ1) is 13.9. The van der Waals surface area contributed by atoms with Crippen molar-refractivity contribution in [1.29, 1.82) is 0 Å². The van der Waals surface area contributed by atoms with E-state index in [1.165, 1.54) is 18.3 Å². The molecule has 0 fully saturated rings. The molecule has 0 spiro atoms. The number of nitrogens with two attached hydrogens (primary N) is 1. The fraction of sp³-hybridized carbons (Fsp3) is 0.0909. The van der Waals surface area contributed by atoms with Crippen molar-refractivity contribution in [2.75, 3.05) is 4.72 Å². The van der Waals surface area contributed by atoms with Gasteiger partial charge in [-0.2, -0.15) is 5.10 Å². The molecular weight excluding hydrogens is 282 g/mol. The Balaban J connectivity index is 2.43. The van der Waals surface area contributed by atoms with E-state index in [1.807, 2.05) is 0 Å². The number of nitrogens with one attached hydrogen (secondary N) is 2. The summed E-state index contributed by atoms with van der Waals surface area (Å²) >= 11 is 0. The highest BCUT2D eigenvalue weighted by molar-refractivity contribution is 7.92. The third kappa shape index (κ3) is 2.57. The van der Waals surface area contributed by atoms with E-state index < -0.39 is 10.0 Å². The number of oxime groups is 1. The molecule has 2 rings (SSSR count). The van der Waals surface area contributed by atoms with Crippen molar-refractivity contribution in [2.24, 2.45) is 10.9 Å². The molecule has 0 aliphatic rings. The molecule has 20 heavy (non-hydrogen) atoms. The third-order valence-electron chi connectivity index (χ3n) is 2.63. The van der Waals surface area contributed by atoms with Gasteiger partial charge in [0.2, 0.25) is 0 Å². The van der Waals surface area contributed by atoms with Crippen LogP contribution in [0.2, 0.25) is 0 Å². The van der Waals surface area contributed by atoms with Crippen molar-refractivity contribution in [3.8, 4) is 0 Å². The van der Waals surface area contributed by atoms with Gasteiger partial charge in [0.05, 0.1) is 17.6 Å². The molecular formula is C11H13N5O3S. The van der Waals surface area contributed by atoms with Crippen molar-refractivity contribution < 1.29 is 13.6 Å². The number of anilines is 1. The predicted molar refractivity (Wildman–Crippen MR) is 73.1 cm³/mol. The summed E-state index contributed by atoms with van der Waals surface area (Å²) in [5.41, 5.74) is 6.41. The lowest BCUT2D eigenvalue weighted by molar-refractivity contribution is 0.318. The zero-order valence-electron chi connectivity index (χ0n) is 10.5. The van der Waals surface area contributed by atoms with Gasteiger partial charge in [-0.15, -0.1) is 0 Å². The lowest BCUT2D eigenvalue weighted by Gasteiger charge is -2.11. The van der Waals surface area contributed by atoms with Gasteiger partial charge in [0.25, 0.3) is 10.0 Å². The Morgan fingerprint density at radius 2 is 2.15 bits per heavy atom. The van der Waals surface area contributed by atoms with Crippen LogP contribution in [-0.4, -0.2) is 29.7 Å². The summed E-state index contributed by atoms with van der Waals surface area (Å²) in [6, 6.07) is 6.33. The van der Waals surface area contributed by atoms with E-state index in [4.69, 9.17) is 10.9 Å². The van der Waals surface area contributed by atoms with E-state index in [0.717, 1.165) is 0 Å². The van der Waals surface area contributed by atoms with Crippen LogP contribution in [0, 0.1) is 6.92 Å². The Kier molecular flexibility index (Phi) is 3.61. The molecule has 0 radical (unpaired) electrons. The number of aromatic amines is 1. The minimum absolute atomic E-state index is 0.0341. The first-order chi connectivity index (χ1) is 9.45. The van der Waals surface area contributed by atoms with E-state index in [2.05, 4.69) is 20.1 Å². The summed E-state index contributed by atoms with van der Waals surface area (Å²) in [5, 5.41) is 17.8. The number of aromatic nitrogens is 2. The van der Waals surface area contributed by atoms with Gasteiger partial charge in [-0.3, -0.25) is 9.82 Å². The summed E-state index contributed by atoms with van der Waals surface area (Å²) in [7, 11) is -3.80. The zero-order valence-corrected chi connectivity index (χ0v) is 11.3. The molecule has 106 valence electrons. The lowest BCUT2D eigenvalue weighted by atomic mass is 10.2. The molecule has 0 unspecified atom stereocenters. The SMILES string of the molecule is Cc1[nH]ncc1S(=O)(=O)Nc1ccccc1/C(N)=N/O. The van der Waals surface area contributed by atoms with Crippen molar-refractivity contribution >= 4 is 21.5 Å². The van der Waals surface area contributed by atoms with E-state index in [0.29, 0.717) is 5.69 Å². The minimum atomic E-state index is -3.80. The van der Waals surface area contributed by atoms with E-state index in [9.17, 15) is 8.42 Å². The average molecular weight is 295 g/mol. The third-order valence-corrected chi connectivity index (χ3v) is 4.11. The van der Waals surface area contributed by atoms with Gasteiger partial charge < -0.3 is 10.9 Å². The second-order valence-corrected chi connectivity index (χ2v) is 5.65. The number of amidine groups is 1. The van der Waals surface area contributed by atoms with Crippen molar-refractivity contribution in [1.82, 2.24) is 10.2 Å². The van der Waals surface area contributed by atoms with Gasteiger partial charge in [-0.1, -0.05) is 17.3 Å². The monoisotopic (exact) mass is 295 g/mol. The molecule has 1 heterocycles. The minimum Gasteiger partial charge on any atom is -0.409 e. The summed E-state index contributed by atoms with van der Waals surface area (Å²) in [6.07, 6.45) is 1.21. The van der Waals surface area contributed by atoms with Crippen molar-refractivity contribution in [2.45, 2.75) is 11.8 Å². The van der Waals surface area contributed by atoms with Crippen LogP contribution in [-0.2, 0) is 10.0 Å². The highest BCUT2D eigenvalue weighted by atomic mass is 32.2. The second-order valence-electron chi connectivity index (χ2n) is 4.00. The first-order valence-corrected chi connectivity index (χ1v) is 7.03. The number of aryl methyl sites for hydroxylation is 1. The maximum atomic E-state index is 12.2. The molecule has 0 saturated carbocycles. The van der Waals surface area contributed by atoms with Crippen LogP contribution in [0.15, 0.2) is 40.5 Å². The van der Waals surface area contributed by atoms with E-state index >= 15 is 0 Å². The second kappa shape index (κ2) is 5.21. The molecule has 0 aliphatic heterocycles. The normalized spacial score (nSPS) is 12.3. The van der Waals surface area contributed by atoms with Crippen LogP contribution in [0.4, 0.5) is 5.69 Å². The number of nitrogens with zero attached hydrogens (tertiary/aromatic N) is 2. The molecule has 0 bridgehead atoms. The Labute approximate surface area is 115 Å². The van der Waals surface area contributed by atoms with E-state index in [-0.39, 0.29) is 22.0 Å². The van der Waals surface area contributed by atoms with Gasteiger partial charge in [-0.05, 0) is 19.1 Å². The first-order valence-electron chi connectivity index (χ1n) is 5.55. The predicted octanol–water partition coefficient (Wildman–Crippen LogP) is 0.613. The summed E-state index contributed by atoms with van der Waals surface area (Å²) in [6.45, 7) is 1.59. The average Bonchev–Trinajstić information content (AvgIpc) is 2.85. The van der Waals surface area contributed by atoms with Crippen molar-refractivity contribution in [3.05, 3.63) is 41.7 Å². The Morgan fingerprint density at radius 3 is 2.75 bits per heavy atom. The van der Waals surface area contributed by atoms with Gasteiger partial charge in [-0.25, -0.2) is 8.42 Å². The number of H-pyrrole nitrogens is 1. The van der Waals surface area contributed by atoms with Gasteiger partial charge >= 0.3 is 0 Å². The number of benzene rings is 1. The Morgan fingerprint density at radius 1 is 1.45 bits per heavy atom. The molecule has 2 aromatic rings. The van der Waals surface area contributed by atoms with Crippen LogP contribution in [0.5, 0.6) is 0 Å². The molecule has 9 heteroatoms. The van der Waals surface area contributed by atoms with Gasteiger partial charge in [0, 0.05) is 5.56 Å². The molecule has 1 aromatic heterocycles. The molecule has 5 N–H and O–H groups in total. The lowest BCUT2D eigenvalue weighted by Crippen LogP contribution is -2.19.